The Kier molecular flexibility index (Phi) is 5.12. The van der Waals surface area contributed by atoms with E-state index < -0.39 is 0 Å². The van der Waals surface area contributed by atoms with Gasteiger partial charge in [0.2, 0.25) is 5.91 Å². The number of amides is 1. The average Bonchev–Trinajstić information content (AvgIpc) is 2.61. The minimum absolute atomic E-state index is 0.115. The van der Waals surface area contributed by atoms with Gasteiger partial charge in [-0.15, -0.1) is 0 Å². The summed E-state index contributed by atoms with van der Waals surface area (Å²) in [6.45, 7) is 8.13. The number of rotatable bonds is 4. The van der Waals surface area contributed by atoms with Crippen molar-refractivity contribution < 1.29 is 4.79 Å². The highest BCUT2D eigenvalue weighted by atomic mass is 16.2. The van der Waals surface area contributed by atoms with Crippen molar-refractivity contribution >= 4 is 17.3 Å². The van der Waals surface area contributed by atoms with Crippen LogP contribution in [0.5, 0.6) is 0 Å². The summed E-state index contributed by atoms with van der Waals surface area (Å²) in [4.78, 5) is 14.1. The molecule has 2 atom stereocenters. The molecule has 0 unspecified atom stereocenters. The lowest BCUT2D eigenvalue weighted by Crippen LogP contribution is -2.43. The molecular weight excluding hydrogens is 308 g/mol. The monoisotopic (exact) mass is 336 g/mol. The van der Waals surface area contributed by atoms with E-state index in [4.69, 9.17) is 0 Å². The van der Waals surface area contributed by atoms with Crippen molar-refractivity contribution in [2.24, 2.45) is 0 Å². The standard InChI is InChI=1S/C22H28N2O/c1-5-17-7-10-19(11-8-17)23-21-13-15(3)24(16(4)25)22-12-9-18(6-2)14-20(21)22/h7-12,14-15,21,23H,5-6,13H2,1-4H3/t15-,21+/m0/s1. The highest BCUT2D eigenvalue weighted by Gasteiger charge is 2.32. The zero-order valence-electron chi connectivity index (χ0n) is 15.7. The van der Waals surface area contributed by atoms with Crippen molar-refractivity contribution in [2.75, 3.05) is 10.2 Å². The minimum atomic E-state index is 0.115. The summed E-state index contributed by atoms with van der Waals surface area (Å²) in [6, 6.07) is 15.6. The van der Waals surface area contributed by atoms with Gasteiger partial charge in [-0.1, -0.05) is 38.1 Å². The molecule has 1 aliphatic heterocycles. The molecule has 0 radical (unpaired) electrons. The topological polar surface area (TPSA) is 32.3 Å². The molecule has 0 bridgehead atoms. The predicted molar refractivity (Wildman–Crippen MR) is 105 cm³/mol. The van der Waals surface area contributed by atoms with Crippen molar-refractivity contribution in [3.8, 4) is 0 Å². The SMILES string of the molecule is CCc1ccc(N[C@@H]2C[C@H](C)N(C(C)=O)c3ccc(CC)cc32)cc1. The Morgan fingerprint density at radius 2 is 1.72 bits per heavy atom. The van der Waals surface area contributed by atoms with E-state index in [1.54, 1.807) is 6.92 Å². The molecule has 0 saturated heterocycles. The number of nitrogens with zero attached hydrogens (tertiary/aromatic N) is 1. The lowest BCUT2D eigenvalue weighted by atomic mass is 9.89. The van der Waals surface area contributed by atoms with Crippen LogP contribution in [0.25, 0.3) is 0 Å². The van der Waals surface area contributed by atoms with Crippen LogP contribution in [-0.4, -0.2) is 11.9 Å². The lowest BCUT2D eigenvalue weighted by Gasteiger charge is -2.39. The number of benzene rings is 2. The predicted octanol–water partition coefficient (Wildman–Crippen LogP) is 5.11. The van der Waals surface area contributed by atoms with Crippen LogP contribution in [0.1, 0.15) is 56.8 Å². The normalized spacial score (nSPS) is 19.4. The van der Waals surface area contributed by atoms with Crippen LogP contribution in [0.4, 0.5) is 11.4 Å². The fourth-order valence-corrected chi connectivity index (χ4v) is 3.79. The number of carbonyl (C=O) groups is 1. The van der Waals surface area contributed by atoms with E-state index in [1.807, 2.05) is 4.90 Å². The highest BCUT2D eigenvalue weighted by Crippen LogP contribution is 2.39. The first-order valence-electron chi connectivity index (χ1n) is 9.31. The first-order chi connectivity index (χ1) is 12.0. The van der Waals surface area contributed by atoms with Crippen molar-refractivity contribution in [3.05, 3.63) is 59.2 Å². The number of nitrogens with one attached hydrogen (secondary N) is 1. The van der Waals surface area contributed by atoms with Gasteiger partial charge in [-0.25, -0.2) is 0 Å². The maximum atomic E-state index is 12.2. The Bertz CT molecular complexity index is 751. The molecule has 0 fully saturated rings. The maximum Gasteiger partial charge on any atom is 0.224 e. The summed E-state index contributed by atoms with van der Waals surface area (Å²) in [6.07, 6.45) is 2.97. The Morgan fingerprint density at radius 1 is 1.08 bits per heavy atom. The summed E-state index contributed by atoms with van der Waals surface area (Å²) in [5.41, 5.74) is 6.07. The third-order valence-corrected chi connectivity index (χ3v) is 5.20. The van der Waals surface area contributed by atoms with E-state index in [-0.39, 0.29) is 18.0 Å². The second-order valence-corrected chi connectivity index (χ2v) is 6.97. The third-order valence-electron chi connectivity index (χ3n) is 5.20. The van der Waals surface area contributed by atoms with Gasteiger partial charge in [0, 0.05) is 24.3 Å². The quantitative estimate of drug-likeness (QED) is 0.841. The summed E-state index contributed by atoms with van der Waals surface area (Å²) < 4.78 is 0. The number of hydrogen-bond donors (Lipinski definition) is 1. The number of fused-ring (bicyclic) bond motifs is 1. The Balaban J connectivity index is 1.96. The van der Waals surface area contributed by atoms with Gasteiger partial charge in [0.1, 0.15) is 0 Å². The molecule has 1 N–H and O–H groups in total. The van der Waals surface area contributed by atoms with Gasteiger partial charge in [0.15, 0.2) is 0 Å². The molecule has 0 spiro atoms. The summed E-state index contributed by atoms with van der Waals surface area (Å²) in [7, 11) is 0. The van der Waals surface area contributed by atoms with Crippen molar-refractivity contribution in [2.45, 2.75) is 59.0 Å². The van der Waals surface area contributed by atoms with Crippen molar-refractivity contribution in [3.63, 3.8) is 0 Å². The fraction of sp³-hybridized carbons (Fsp3) is 0.409. The average molecular weight is 336 g/mol. The Labute approximate surface area is 151 Å². The number of anilines is 2. The van der Waals surface area contributed by atoms with Crippen molar-refractivity contribution in [1.29, 1.82) is 0 Å². The zero-order chi connectivity index (χ0) is 18.0. The summed E-state index contributed by atoms with van der Waals surface area (Å²) in [5, 5.41) is 3.69. The third kappa shape index (κ3) is 3.55. The second-order valence-electron chi connectivity index (χ2n) is 6.97. The smallest absolute Gasteiger partial charge is 0.224 e. The van der Waals surface area contributed by atoms with Crippen LogP contribution in [0.2, 0.25) is 0 Å². The fourth-order valence-electron chi connectivity index (χ4n) is 3.79. The van der Waals surface area contributed by atoms with Crippen LogP contribution in [0.3, 0.4) is 0 Å². The summed E-state index contributed by atoms with van der Waals surface area (Å²) in [5.74, 6) is 0.115. The summed E-state index contributed by atoms with van der Waals surface area (Å²) >= 11 is 0. The lowest BCUT2D eigenvalue weighted by molar-refractivity contribution is -0.117. The molecule has 1 aliphatic rings. The van der Waals surface area contributed by atoms with Gasteiger partial charge in [0.05, 0.1) is 6.04 Å². The molecule has 2 aromatic rings. The van der Waals surface area contributed by atoms with Gasteiger partial charge in [-0.05, 0) is 61.1 Å². The first kappa shape index (κ1) is 17.5. The second kappa shape index (κ2) is 7.30. The van der Waals surface area contributed by atoms with E-state index in [0.717, 1.165) is 30.6 Å². The van der Waals surface area contributed by atoms with Crippen LogP contribution in [0, 0.1) is 0 Å². The van der Waals surface area contributed by atoms with E-state index >= 15 is 0 Å². The molecule has 3 nitrogen and oxygen atoms in total. The molecule has 1 heterocycles. The zero-order valence-corrected chi connectivity index (χ0v) is 15.7. The molecule has 1 amide bonds. The van der Waals surface area contributed by atoms with Gasteiger partial charge < -0.3 is 10.2 Å². The van der Waals surface area contributed by atoms with Crippen LogP contribution >= 0.6 is 0 Å². The molecule has 3 rings (SSSR count). The minimum Gasteiger partial charge on any atom is -0.378 e. The Hall–Kier alpha value is -2.29. The van der Waals surface area contributed by atoms with Crippen LogP contribution < -0.4 is 10.2 Å². The molecule has 0 saturated carbocycles. The molecule has 3 heteroatoms. The van der Waals surface area contributed by atoms with E-state index in [0.29, 0.717) is 0 Å². The number of aryl methyl sites for hydroxylation is 2. The van der Waals surface area contributed by atoms with E-state index in [1.165, 1.54) is 16.7 Å². The molecule has 0 aromatic heterocycles. The molecule has 2 aromatic carbocycles. The van der Waals surface area contributed by atoms with Gasteiger partial charge in [-0.2, -0.15) is 0 Å². The molecule has 132 valence electrons. The number of hydrogen-bond acceptors (Lipinski definition) is 2. The van der Waals surface area contributed by atoms with Crippen LogP contribution in [0.15, 0.2) is 42.5 Å². The van der Waals surface area contributed by atoms with Crippen molar-refractivity contribution in [1.82, 2.24) is 0 Å². The largest absolute Gasteiger partial charge is 0.378 e. The number of carbonyl (C=O) groups excluding carboxylic acids is 1. The molecule has 0 aliphatic carbocycles. The molecular formula is C22H28N2O. The maximum absolute atomic E-state index is 12.2. The van der Waals surface area contributed by atoms with Gasteiger partial charge in [0.25, 0.3) is 0 Å². The van der Waals surface area contributed by atoms with Gasteiger partial charge >= 0.3 is 0 Å². The highest BCUT2D eigenvalue weighted by molar-refractivity contribution is 5.93. The van der Waals surface area contributed by atoms with Gasteiger partial charge in [-0.3, -0.25) is 4.79 Å². The Morgan fingerprint density at radius 3 is 2.32 bits per heavy atom. The van der Waals surface area contributed by atoms with E-state index in [9.17, 15) is 4.79 Å². The van der Waals surface area contributed by atoms with E-state index in [2.05, 4.69) is 68.6 Å². The first-order valence-corrected chi connectivity index (χ1v) is 9.31. The molecule has 25 heavy (non-hydrogen) atoms. The van der Waals surface area contributed by atoms with Crippen LogP contribution in [-0.2, 0) is 17.6 Å².